The number of carbonyl (C=O) groups is 2. The van der Waals surface area contributed by atoms with Crippen LogP contribution in [0, 0.1) is 5.82 Å². The van der Waals surface area contributed by atoms with Gasteiger partial charge in [-0.05, 0) is 36.2 Å². The predicted octanol–water partition coefficient (Wildman–Crippen LogP) is 4.66. The normalized spacial score (nSPS) is 10.8. The summed E-state index contributed by atoms with van der Waals surface area (Å²) in [5, 5.41) is 10.5. The minimum Gasteiger partial charge on any atom is -0.493 e. The zero-order chi connectivity index (χ0) is 24.8. The lowest BCUT2D eigenvalue weighted by Gasteiger charge is -2.24. The number of carbonyl (C=O) groups excluding carboxylic acids is 1. The van der Waals surface area contributed by atoms with Crippen LogP contribution in [-0.2, 0) is 17.8 Å². The summed E-state index contributed by atoms with van der Waals surface area (Å²) in [5.74, 6) is -1.84. The molecule has 180 valence electrons. The first-order valence-corrected chi connectivity index (χ1v) is 11.1. The molecule has 0 radical (unpaired) electrons. The third-order valence-corrected chi connectivity index (χ3v) is 5.77. The quantitative estimate of drug-likeness (QED) is 0.347. The van der Waals surface area contributed by atoms with Crippen molar-refractivity contribution >= 4 is 22.8 Å². The van der Waals surface area contributed by atoms with Crippen LogP contribution in [0.4, 0.5) is 4.39 Å². The molecule has 0 saturated heterocycles. The number of nitrogens with one attached hydrogen (secondary N) is 1. The molecule has 0 bridgehead atoms. The van der Waals surface area contributed by atoms with Gasteiger partial charge in [-0.1, -0.05) is 42.5 Å². The van der Waals surface area contributed by atoms with Crippen LogP contribution in [0.2, 0.25) is 0 Å². The van der Waals surface area contributed by atoms with Crippen LogP contribution in [-0.4, -0.2) is 47.1 Å². The van der Waals surface area contributed by atoms with Crippen LogP contribution < -0.4 is 9.47 Å². The zero-order valence-electron chi connectivity index (χ0n) is 19.2. The van der Waals surface area contributed by atoms with Crippen molar-refractivity contribution in [3.8, 4) is 11.5 Å². The fraction of sp³-hybridized carbons (Fsp3) is 0.185. The van der Waals surface area contributed by atoms with Gasteiger partial charge < -0.3 is 24.5 Å². The summed E-state index contributed by atoms with van der Waals surface area (Å²) in [5.41, 5.74) is 2.29. The molecule has 0 unspecified atom stereocenters. The van der Waals surface area contributed by atoms with E-state index in [0.717, 1.165) is 16.5 Å². The van der Waals surface area contributed by atoms with Gasteiger partial charge in [-0.15, -0.1) is 0 Å². The Morgan fingerprint density at radius 1 is 1.00 bits per heavy atom. The lowest BCUT2D eigenvalue weighted by molar-refractivity contribution is -0.134. The maximum Gasteiger partial charge on any atom is 0.339 e. The second-order valence-electron chi connectivity index (χ2n) is 7.95. The molecule has 0 spiro atoms. The number of carboxylic acids is 1. The number of methoxy groups -OCH3 is 1. The number of benzene rings is 3. The Balaban J connectivity index is 1.54. The molecule has 0 aliphatic rings. The van der Waals surface area contributed by atoms with Crippen molar-refractivity contribution in [3.63, 3.8) is 0 Å². The molecular formula is C27H25FN2O5. The molecule has 4 rings (SSSR count). The molecule has 2 N–H and O–H groups in total. The van der Waals surface area contributed by atoms with Crippen molar-refractivity contribution in [2.45, 2.75) is 13.0 Å². The van der Waals surface area contributed by atoms with E-state index < -0.39 is 24.3 Å². The Kier molecular flexibility index (Phi) is 7.30. The summed E-state index contributed by atoms with van der Waals surface area (Å²) in [7, 11) is 1.39. The largest absolute Gasteiger partial charge is 0.493 e. The molecule has 3 aromatic carbocycles. The topological polar surface area (TPSA) is 91.9 Å². The van der Waals surface area contributed by atoms with Crippen LogP contribution in [0.1, 0.15) is 21.5 Å². The predicted molar refractivity (Wildman–Crippen MR) is 129 cm³/mol. The Labute approximate surface area is 201 Å². The number of H-pyrrole nitrogens is 1. The summed E-state index contributed by atoms with van der Waals surface area (Å²) in [6.45, 7) is -0.0615. The summed E-state index contributed by atoms with van der Waals surface area (Å²) in [4.78, 5) is 29.6. The number of ether oxygens (including phenoxy) is 2. The fourth-order valence-electron chi connectivity index (χ4n) is 3.94. The highest BCUT2D eigenvalue weighted by atomic mass is 19.1. The maximum absolute atomic E-state index is 14.4. The molecule has 1 aromatic heterocycles. The molecule has 8 heteroatoms. The first-order valence-electron chi connectivity index (χ1n) is 11.1. The van der Waals surface area contributed by atoms with E-state index in [9.17, 15) is 19.1 Å². The van der Waals surface area contributed by atoms with Gasteiger partial charge in [0.25, 0.3) is 5.91 Å². The molecular weight excluding hydrogens is 451 g/mol. The van der Waals surface area contributed by atoms with Gasteiger partial charge in [0.2, 0.25) is 0 Å². The smallest absolute Gasteiger partial charge is 0.339 e. The molecule has 0 saturated carbocycles. The van der Waals surface area contributed by atoms with E-state index in [1.807, 2.05) is 30.5 Å². The third kappa shape index (κ3) is 5.43. The Morgan fingerprint density at radius 2 is 1.77 bits per heavy atom. The summed E-state index contributed by atoms with van der Waals surface area (Å²) >= 11 is 0. The van der Waals surface area contributed by atoms with E-state index in [4.69, 9.17) is 9.47 Å². The van der Waals surface area contributed by atoms with Gasteiger partial charge in [0.05, 0.1) is 7.11 Å². The van der Waals surface area contributed by atoms with Gasteiger partial charge in [0, 0.05) is 35.8 Å². The van der Waals surface area contributed by atoms with Gasteiger partial charge in [-0.2, -0.15) is 0 Å². The average Bonchev–Trinajstić information content (AvgIpc) is 3.29. The van der Waals surface area contributed by atoms with E-state index in [-0.39, 0.29) is 23.6 Å². The first-order chi connectivity index (χ1) is 17.0. The second kappa shape index (κ2) is 10.7. The Hall–Kier alpha value is -4.33. The van der Waals surface area contributed by atoms with E-state index in [1.54, 1.807) is 24.3 Å². The second-order valence-corrected chi connectivity index (χ2v) is 7.95. The number of rotatable bonds is 10. The number of nitrogens with zero attached hydrogens (tertiary/aromatic N) is 1. The van der Waals surface area contributed by atoms with Crippen LogP contribution in [0.5, 0.6) is 11.5 Å². The molecule has 0 aliphatic carbocycles. The van der Waals surface area contributed by atoms with Crippen LogP contribution >= 0.6 is 0 Å². The summed E-state index contributed by atoms with van der Waals surface area (Å²) < 4.78 is 25.2. The molecule has 4 aromatic rings. The average molecular weight is 477 g/mol. The number of halogens is 1. The first kappa shape index (κ1) is 23.8. The van der Waals surface area contributed by atoms with Gasteiger partial charge in [-0.25, -0.2) is 9.18 Å². The highest BCUT2D eigenvalue weighted by Gasteiger charge is 2.21. The van der Waals surface area contributed by atoms with Gasteiger partial charge >= 0.3 is 5.97 Å². The van der Waals surface area contributed by atoms with Crippen LogP contribution in [0.25, 0.3) is 10.9 Å². The lowest BCUT2D eigenvalue weighted by atomic mass is 10.1. The highest BCUT2D eigenvalue weighted by molar-refractivity contribution is 5.92. The van der Waals surface area contributed by atoms with E-state index in [0.29, 0.717) is 18.5 Å². The molecule has 0 atom stereocenters. The van der Waals surface area contributed by atoms with Crippen molar-refractivity contribution in [2.24, 2.45) is 0 Å². The van der Waals surface area contributed by atoms with Crippen molar-refractivity contribution in [1.29, 1.82) is 0 Å². The number of aromatic nitrogens is 1. The van der Waals surface area contributed by atoms with Crippen molar-refractivity contribution in [2.75, 3.05) is 20.3 Å². The Bertz CT molecular complexity index is 1350. The summed E-state index contributed by atoms with van der Waals surface area (Å²) in [6, 6.07) is 18.6. The number of aromatic carboxylic acids is 1. The SMILES string of the molecule is COc1cccc(C(=O)O)c1OCC(=O)N(CCc1c[nH]c2ccccc12)Cc1ccccc1F. The number of hydrogen-bond donors (Lipinski definition) is 2. The Morgan fingerprint density at radius 3 is 2.54 bits per heavy atom. The molecule has 7 nitrogen and oxygen atoms in total. The molecule has 0 fully saturated rings. The number of carboxylic acid groups (broad SMARTS) is 1. The minimum absolute atomic E-state index is 0.0293. The van der Waals surface area contributed by atoms with Crippen LogP contribution in [0.3, 0.4) is 0 Å². The highest BCUT2D eigenvalue weighted by Crippen LogP contribution is 2.31. The number of para-hydroxylation sites is 2. The lowest BCUT2D eigenvalue weighted by Crippen LogP contribution is -2.36. The monoisotopic (exact) mass is 476 g/mol. The van der Waals surface area contributed by atoms with E-state index in [1.165, 1.54) is 30.2 Å². The minimum atomic E-state index is -1.20. The molecule has 1 heterocycles. The number of fused-ring (bicyclic) bond motifs is 1. The van der Waals surface area contributed by atoms with Crippen molar-refractivity contribution < 1.29 is 28.6 Å². The van der Waals surface area contributed by atoms with E-state index in [2.05, 4.69) is 4.98 Å². The molecule has 0 aliphatic heterocycles. The van der Waals surface area contributed by atoms with Crippen molar-refractivity contribution in [3.05, 3.63) is 95.4 Å². The van der Waals surface area contributed by atoms with Crippen molar-refractivity contribution in [1.82, 2.24) is 9.88 Å². The fourth-order valence-corrected chi connectivity index (χ4v) is 3.94. The van der Waals surface area contributed by atoms with E-state index >= 15 is 0 Å². The van der Waals surface area contributed by atoms with Gasteiger partial charge in [0.15, 0.2) is 18.1 Å². The number of amides is 1. The van der Waals surface area contributed by atoms with Gasteiger partial charge in [0.1, 0.15) is 11.4 Å². The standard InChI is InChI=1S/C27H25FN2O5/c1-34-24-12-6-9-21(27(32)33)26(24)35-17-25(31)30(16-19-7-2-4-10-22(19)28)14-13-18-15-29-23-11-5-3-8-20(18)23/h2-12,15,29H,13-14,16-17H2,1H3,(H,32,33). The summed E-state index contributed by atoms with van der Waals surface area (Å²) in [6.07, 6.45) is 2.44. The third-order valence-electron chi connectivity index (χ3n) is 5.77. The van der Waals surface area contributed by atoms with Gasteiger partial charge in [-0.3, -0.25) is 4.79 Å². The molecule has 35 heavy (non-hydrogen) atoms. The molecule has 1 amide bonds. The number of aromatic amines is 1. The maximum atomic E-state index is 14.4. The zero-order valence-corrected chi connectivity index (χ0v) is 19.2. The van der Waals surface area contributed by atoms with Crippen LogP contribution in [0.15, 0.2) is 72.9 Å². The number of hydrogen-bond acceptors (Lipinski definition) is 4.